The van der Waals surface area contributed by atoms with Crippen LogP contribution in [0, 0.1) is 13.8 Å². The first-order valence-corrected chi connectivity index (χ1v) is 8.34. The highest BCUT2D eigenvalue weighted by Crippen LogP contribution is 2.23. The molecule has 11 heteroatoms. The fraction of sp³-hybridized carbons (Fsp3) is 0.214. The zero-order chi connectivity index (χ0) is 17.4. The van der Waals surface area contributed by atoms with E-state index in [0.717, 1.165) is 11.4 Å². The molecule has 4 rings (SSSR count). The van der Waals surface area contributed by atoms with Crippen molar-refractivity contribution in [3.8, 4) is 17.5 Å². The van der Waals surface area contributed by atoms with Crippen molar-refractivity contribution in [1.82, 2.24) is 34.8 Å². The second-order valence-electron chi connectivity index (χ2n) is 5.27. The van der Waals surface area contributed by atoms with E-state index >= 15 is 0 Å². The molecule has 4 aromatic heterocycles. The van der Waals surface area contributed by atoms with Gasteiger partial charge in [0.15, 0.2) is 5.76 Å². The zero-order valence-electron chi connectivity index (χ0n) is 13.4. The second kappa shape index (κ2) is 6.09. The molecular weight excluding hydrogens is 344 g/mol. The van der Waals surface area contributed by atoms with Crippen LogP contribution in [0.2, 0.25) is 0 Å². The van der Waals surface area contributed by atoms with E-state index in [1.54, 1.807) is 23.1 Å². The molecule has 2 N–H and O–H groups in total. The zero-order valence-corrected chi connectivity index (χ0v) is 14.3. The van der Waals surface area contributed by atoms with Crippen molar-refractivity contribution in [1.29, 1.82) is 0 Å². The highest BCUT2D eigenvalue weighted by molar-refractivity contribution is 7.98. The number of hydrogen-bond donors (Lipinski definition) is 1. The summed E-state index contributed by atoms with van der Waals surface area (Å²) in [5, 5.41) is 17.0. The van der Waals surface area contributed by atoms with E-state index in [2.05, 4.69) is 25.4 Å². The summed E-state index contributed by atoms with van der Waals surface area (Å²) in [7, 11) is 0. The van der Waals surface area contributed by atoms with Crippen LogP contribution in [-0.4, -0.2) is 34.8 Å². The Morgan fingerprint density at radius 2 is 2.16 bits per heavy atom. The number of nitrogens with two attached hydrogens (primary N) is 1. The monoisotopic (exact) mass is 358 g/mol. The predicted octanol–water partition coefficient (Wildman–Crippen LogP) is 1.73. The number of nitrogens with zero attached hydrogens (tertiary/aromatic N) is 7. The molecule has 0 unspecified atom stereocenters. The summed E-state index contributed by atoms with van der Waals surface area (Å²) in [6.07, 6.45) is 1.55. The first-order chi connectivity index (χ1) is 12.1. The molecule has 0 saturated heterocycles. The van der Waals surface area contributed by atoms with Gasteiger partial charge in [-0.2, -0.15) is 10.1 Å². The summed E-state index contributed by atoms with van der Waals surface area (Å²) in [5.41, 5.74) is 1.80. The summed E-state index contributed by atoms with van der Waals surface area (Å²) >= 11 is 1.34. The molecule has 10 nitrogen and oxygen atoms in total. The fourth-order valence-electron chi connectivity index (χ4n) is 2.29. The Labute approximate surface area is 146 Å². The molecule has 4 heterocycles. The molecule has 0 aliphatic rings. The van der Waals surface area contributed by atoms with Gasteiger partial charge >= 0.3 is 0 Å². The van der Waals surface area contributed by atoms with E-state index in [9.17, 15) is 0 Å². The van der Waals surface area contributed by atoms with Gasteiger partial charge in [0.25, 0.3) is 5.95 Å². The SMILES string of the molecule is Cc1cc(C)n(-c2nnc(SCc3nc(-c4ccco4)no3)n2N)n1. The van der Waals surface area contributed by atoms with Crippen molar-refractivity contribution >= 4 is 11.8 Å². The van der Waals surface area contributed by atoms with Crippen molar-refractivity contribution in [2.24, 2.45) is 0 Å². The Kier molecular flexibility index (Phi) is 3.76. The van der Waals surface area contributed by atoms with Crippen LogP contribution >= 0.6 is 11.8 Å². The summed E-state index contributed by atoms with van der Waals surface area (Å²) < 4.78 is 13.5. The van der Waals surface area contributed by atoms with Crippen molar-refractivity contribution in [2.45, 2.75) is 24.8 Å². The van der Waals surface area contributed by atoms with Crippen LogP contribution in [0.25, 0.3) is 17.5 Å². The minimum atomic E-state index is 0.401. The molecule has 25 heavy (non-hydrogen) atoms. The van der Waals surface area contributed by atoms with Crippen LogP contribution in [0.4, 0.5) is 0 Å². The molecule has 0 atom stereocenters. The Morgan fingerprint density at radius 1 is 1.28 bits per heavy atom. The minimum Gasteiger partial charge on any atom is -0.461 e. The maximum absolute atomic E-state index is 6.09. The summed E-state index contributed by atoms with van der Waals surface area (Å²) in [6.45, 7) is 3.83. The van der Waals surface area contributed by atoms with Gasteiger partial charge in [-0.05, 0) is 32.0 Å². The van der Waals surface area contributed by atoms with Crippen LogP contribution in [0.5, 0.6) is 0 Å². The Morgan fingerprint density at radius 3 is 2.88 bits per heavy atom. The van der Waals surface area contributed by atoms with Crippen molar-refractivity contribution in [3.05, 3.63) is 41.7 Å². The molecule has 0 aromatic carbocycles. The maximum atomic E-state index is 6.09. The molecular formula is C14H14N8O2S. The summed E-state index contributed by atoms with van der Waals surface area (Å²) in [6, 6.07) is 5.46. The maximum Gasteiger partial charge on any atom is 0.271 e. The Hall–Kier alpha value is -3.08. The summed E-state index contributed by atoms with van der Waals surface area (Å²) in [4.78, 5) is 4.27. The molecule has 4 aromatic rings. The molecule has 0 saturated carbocycles. The molecule has 0 radical (unpaired) electrons. The first kappa shape index (κ1) is 15.4. The molecule has 0 fully saturated rings. The van der Waals surface area contributed by atoms with Gasteiger partial charge in [0.1, 0.15) is 0 Å². The molecule has 128 valence electrons. The van der Waals surface area contributed by atoms with Gasteiger partial charge in [-0.15, -0.1) is 10.2 Å². The summed E-state index contributed by atoms with van der Waals surface area (Å²) in [5.74, 6) is 8.32. The van der Waals surface area contributed by atoms with E-state index in [1.807, 2.05) is 19.9 Å². The van der Waals surface area contributed by atoms with E-state index in [4.69, 9.17) is 14.8 Å². The van der Waals surface area contributed by atoms with Crippen LogP contribution in [0.15, 0.2) is 38.6 Å². The van der Waals surface area contributed by atoms with Crippen LogP contribution in [0.1, 0.15) is 17.3 Å². The van der Waals surface area contributed by atoms with Crippen molar-refractivity contribution < 1.29 is 8.94 Å². The van der Waals surface area contributed by atoms with Crippen molar-refractivity contribution in [2.75, 3.05) is 5.84 Å². The van der Waals surface area contributed by atoms with Gasteiger partial charge < -0.3 is 14.8 Å². The lowest BCUT2D eigenvalue weighted by Gasteiger charge is -2.03. The second-order valence-corrected chi connectivity index (χ2v) is 6.21. The van der Waals surface area contributed by atoms with Crippen molar-refractivity contribution in [3.63, 3.8) is 0 Å². The average Bonchev–Trinajstić information content (AvgIpc) is 3.34. The predicted molar refractivity (Wildman–Crippen MR) is 88.3 cm³/mol. The molecule has 0 aliphatic heterocycles. The van der Waals surface area contributed by atoms with Gasteiger partial charge in [0.2, 0.25) is 16.9 Å². The molecule has 0 amide bonds. The number of hydrogen-bond acceptors (Lipinski definition) is 9. The fourth-order valence-corrected chi connectivity index (χ4v) is 2.98. The van der Waals surface area contributed by atoms with E-state index < -0.39 is 0 Å². The van der Waals surface area contributed by atoms with E-state index in [1.165, 1.54) is 16.4 Å². The lowest BCUT2D eigenvalue weighted by Crippen LogP contribution is -2.17. The lowest BCUT2D eigenvalue weighted by atomic mass is 10.4. The number of nitrogen functional groups attached to an aromatic ring is 1. The Balaban J connectivity index is 1.50. The topological polar surface area (TPSA) is 127 Å². The number of furan rings is 1. The van der Waals surface area contributed by atoms with Gasteiger partial charge in [0, 0.05) is 5.69 Å². The smallest absolute Gasteiger partial charge is 0.271 e. The van der Waals surface area contributed by atoms with Gasteiger partial charge in [-0.3, -0.25) is 0 Å². The number of thioether (sulfide) groups is 1. The molecule has 0 spiro atoms. The lowest BCUT2D eigenvalue weighted by molar-refractivity contribution is 0.390. The van der Waals surface area contributed by atoms with Gasteiger partial charge in [0.05, 0.1) is 17.7 Å². The van der Waals surface area contributed by atoms with Crippen LogP contribution in [0.3, 0.4) is 0 Å². The normalized spacial score (nSPS) is 11.3. The molecule has 0 bridgehead atoms. The third-order valence-electron chi connectivity index (χ3n) is 3.38. The highest BCUT2D eigenvalue weighted by Gasteiger charge is 2.17. The van der Waals surface area contributed by atoms with E-state index in [-0.39, 0.29) is 0 Å². The number of aromatic nitrogens is 7. The first-order valence-electron chi connectivity index (χ1n) is 7.35. The third kappa shape index (κ3) is 2.89. The highest BCUT2D eigenvalue weighted by atomic mass is 32.2. The number of aryl methyl sites for hydroxylation is 2. The van der Waals surface area contributed by atoms with E-state index in [0.29, 0.717) is 34.3 Å². The Bertz CT molecular complexity index is 1000. The number of rotatable bonds is 5. The third-order valence-corrected chi connectivity index (χ3v) is 4.31. The van der Waals surface area contributed by atoms with Crippen LogP contribution in [-0.2, 0) is 5.75 Å². The minimum absolute atomic E-state index is 0.401. The van der Waals surface area contributed by atoms with Gasteiger partial charge in [-0.1, -0.05) is 16.9 Å². The largest absolute Gasteiger partial charge is 0.461 e. The molecule has 0 aliphatic carbocycles. The standard InChI is InChI=1S/C14H14N8O2S/c1-8-6-9(2)22(19-8)13-17-18-14(21(13)15)25-7-11-16-12(20-24-11)10-4-3-5-23-10/h3-6H,7,15H2,1-2H3. The average molecular weight is 358 g/mol. The van der Waals surface area contributed by atoms with Gasteiger partial charge in [-0.25, -0.2) is 9.36 Å². The quantitative estimate of drug-likeness (QED) is 0.419. The van der Waals surface area contributed by atoms with Crippen LogP contribution < -0.4 is 5.84 Å².